The zero-order chi connectivity index (χ0) is 20.9. The van der Waals surface area contributed by atoms with Gasteiger partial charge in [-0.05, 0) is 42.5 Å². The van der Waals surface area contributed by atoms with Crippen LogP contribution >= 0.6 is 0 Å². The van der Waals surface area contributed by atoms with Gasteiger partial charge in [-0.15, -0.1) is 0 Å². The Balaban J connectivity index is 1.63. The Morgan fingerprint density at radius 2 is 1.93 bits per heavy atom. The molecule has 30 heavy (non-hydrogen) atoms. The lowest BCUT2D eigenvalue weighted by Gasteiger charge is -2.05. The van der Waals surface area contributed by atoms with Gasteiger partial charge in [0.1, 0.15) is 5.75 Å². The van der Waals surface area contributed by atoms with Crippen molar-refractivity contribution in [3.63, 3.8) is 0 Å². The lowest BCUT2D eigenvalue weighted by atomic mass is 10.1. The number of esters is 2. The summed E-state index contributed by atoms with van der Waals surface area (Å²) < 4.78 is 17.0. The zero-order valence-corrected chi connectivity index (χ0v) is 16.4. The summed E-state index contributed by atoms with van der Waals surface area (Å²) >= 11 is 0. The van der Waals surface area contributed by atoms with Crippen LogP contribution in [0.1, 0.15) is 12.0 Å². The van der Waals surface area contributed by atoms with Gasteiger partial charge in [0, 0.05) is 29.8 Å². The maximum absolute atomic E-state index is 12.2. The maximum atomic E-state index is 12.2. The van der Waals surface area contributed by atoms with E-state index in [2.05, 4.69) is 0 Å². The summed E-state index contributed by atoms with van der Waals surface area (Å²) in [6.07, 6.45) is 4.30. The van der Waals surface area contributed by atoms with Crippen LogP contribution in [-0.2, 0) is 19.1 Å². The SMILES string of the molecule is COc1ccc(-c2nn(-c3ccccc3)cc2/C=C/C(=O)O[C@H]2CCOC2=O)cc1. The molecule has 7 nitrogen and oxygen atoms in total. The van der Waals surface area contributed by atoms with Crippen LogP contribution in [0.15, 0.2) is 66.9 Å². The van der Waals surface area contributed by atoms with Crippen molar-refractivity contribution >= 4 is 18.0 Å². The van der Waals surface area contributed by atoms with Gasteiger partial charge >= 0.3 is 11.9 Å². The van der Waals surface area contributed by atoms with E-state index < -0.39 is 18.0 Å². The lowest BCUT2D eigenvalue weighted by Crippen LogP contribution is -2.21. The number of carbonyl (C=O) groups excluding carboxylic acids is 2. The van der Waals surface area contributed by atoms with Crippen LogP contribution in [0.5, 0.6) is 5.75 Å². The van der Waals surface area contributed by atoms with Crippen LogP contribution in [-0.4, -0.2) is 41.5 Å². The van der Waals surface area contributed by atoms with Crippen molar-refractivity contribution in [1.29, 1.82) is 0 Å². The van der Waals surface area contributed by atoms with Gasteiger partial charge in [0.25, 0.3) is 0 Å². The Hall–Kier alpha value is -3.87. The number of rotatable bonds is 6. The highest BCUT2D eigenvalue weighted by molar-refractivity contribution is 5.91. The Bertz CT molecular complexity index is 1070. The van der Waals surface area contributed by atoms with Gasteiger partial charge < -0.3 is 14.2 Å². The zero-order valence-electron chi connectivity index (χ0n) is 16.4. The molecular formula is C23H20N2O5. The molecule has 1 aliphatic heterocycles. The number of para-hydroxylation sites is 1. The molecule has 0 unspecified atom stereocenters. The molecule has 1 aromatic heterocycles. The van der Waals surface area contributed by atoms with E-state index in [1.165, 1.54) is 6.08 Å². The Morgan fingerprint density at radius 3 is 2.60 bits per heavy atom. The van der Waals surface area contributed by atoms with E-state index in [4.69, 9.17) is 19.3 Å². The molecule has 0 aliphatic carbocycles. The molecule has 7 heteroatoms. The van der Waals surface area contributed by atoms with Gasteiger partial charge in [0.15, 0.2) is 0 Å². The third kappa shape index (κ3) is 4.25. The number of hydrogen-bond donors (Lipinski definition) is 0. The highest BCUT2D eigenvalue weighted by Crippen LogP contribution is 2.27. The van der Waals surface area contributed by atoms with E-state index in [1.54, 1.807) is 17.9 Å². The van der Waals surface area contributed by atoms with Crippen molar-refractivity contribution in [2.45, 2.75) is 12.5 Å². The number of methoxy groups -OCH3 is 1. The average Bonchev–Trinajstić information content (AvgIpc) is 3.39. The summed E-state index contributed by atoms with van der Waals surface area (Å²) in [5.74, 6) is -0.370. The lowest BCUT2D eigenvalue weighted by molar-refractivity contribution is -0.156. The second-order valence-corrected chi connectivity index (χ2v) is 6.66. The highest BCUT2D eigenvalue weighted by Gasteiger charge is 2.29. The summed E-state index contributed by atoms with van der Waals surface area (Å²) in [7, 11) is 1.61. The number of ether oxygens (including phenoxy) is 3. The van der Waals surface area contributed by atoms with Gasteiger partial charge in [0.05, 0.1) is 25.1 Å². The number of aromatic nitrogens is 2. The highest BCUT2D eigenvalue weighted by atomic mass is 16.6. The summed E-state index contributed by atoms with van der Waals surface area (Å²) in [5.41, 5.74) is 3.20. The first kappa shape index (κ1) is 19.4. The van der Waals surface area contributed by atoms with Crippen LogP contribution in [0.4, 0.5) is 0 Å². The fourth-order valence-electron chi connectivity index (χ4n) is 3.12. The van der Waals surface area contributed by atoms with E-state index in [-0.39, 0.29) is 6.61 Å². The molecule has 0 N–H and O–H groups in total. The molecular weight excluding hydrogens is 384 g/mol. The molecule has 1 fully saturated rings. The number of nitrogens with zero attached hydrogens (tertiary/aromatic N) is 2. The molecule has 0 amide bonds. The first-order valence-corrected chi connectivity index (χ1v) is 9.49. The predicted octanol–water partition coefficient (Wildman–Crippen LogP) is 3.42. The van der Waals surface area contributed by atoms with Crippen LogP contribution < -0.4 is 4.74 Å². The van der Waals surface area contributed by atoms with Crippen LogP contribution in [0, 0.1) is 0 Å². The average molecular weight is 404 g/mol. The Kier molecular flexibility index (Phi) is 5.61. The van der Waals surface area contributed by atoms with Crippen molar-refractivity contribution in [3.05, 3.63) is 72.4 Å². The molecule has 0 radical (unpaired) electrons. The van der Waals surface area contributed by atoms with Crippen molar-refractivity contribution in [2.24, 2.45) is 0 Å². The normalized spacial score (nSPS) is 15.9. The number of benzene rings is 2. The van der Waals surface area contributed by atoms with Crippen molar-refractivity contribution < 1.29 is 23.8 Å². The second-order valence-electron chi connectivity index (χ2n) is 6.66. The van der Waals surface area contributed by atoms with Crippen molar-refractivity contribution in [3.8, 4) is 22.7 Å². The predicted molar refractivity (Wildman–Crippen MR) is 110 cm³/mol. The van der Waals surface area contributed by atoms with Crippen LogP contribution in [0.2, 0.25) is 0 Å². The molecule has 1 aliphatic rings. The van der Waals surface area contributed by atoms with E-state index in [0.29, 0.717) is 12.1 Å². The molecule has 0 bridgehead atoms. The van der Waals surface area contributed by atoms with Crippen molar-refractivity contribution in [1.82, 2.24) is 9.78 Å². The minimum atomic E-state index is -0.838. The second kappa shape index (κ2) is 8.65. The molecule has 1 saturated heterocycles. The number of hydrogen-bond acceptors (Lipinski definition) is 6. The minimum absolute atomic E-state index is 0.270. The van der Waals surface area contributed by atoms with E-state index in [1.807, 2.05) is 60.8 Å². The maximum Gasteiger partial charge on any atom is 0.347 e. The van der Waals surface area contributed by atoms with E-state index >= 15 is 0 Å². The minimum Gasteiger partial charge on any atom is -0.497 e. The van der Waals surface area contributed by atoms with Gasteiger partial charge in [-0.3, -0.25) is 0 Å². The molecule has 0 saturated carbocycles. The molecule has 3 aromatic rings. The molecule has 4 rings (SSSR count). The third-order valence-electron chi connectivity index (χ3n) is 4.67. The van der Waals surface area contributed by atoms with Gasteiger partial charge in [-0.1, -0.05) is 18.2 Å². The fourth-order valence-corrected chi connectivity index (χ4v) is 3.12. The summed E-state index contributed by atoms with van der Waals surface area (Å²) in [4.78, 5) is 23.7. The smallest absolute Gasteiger partial charge is 0.347 e. The van der Waals surface area contributed by atoms with Crippen molar-refractivity contribution in [2.75, 3.05) is 13.7 Å². The quantitative estimate of drug-likeness (QED) is 0.463. The first-order valence-electron chi connectivity index (χ1n) is 9.49. The van der Waals surface area contributed by atoms with Crippen LogP contribution in [0.25, 0.3) is 23.0 Å². The van der Waals surface area contributed by atoms with Crippen LogP contribution in [0.3, 0.4) is 0 Å². The molecule has 0 spiro atoms. The number of carbonyl (C=O) groups is 2. The molecule has 2 aromatic carbocycles. The molecule has 1 atom stereocenters. The first-order chi connectivity index (χ1) is 14.6. The van der Waals surface area contributed by atoms with Gasteiger partial charge in [0.2, 0.25) is 6.10 Å². The molecule has 152 valence electrons. The summed E-state index contributed by atoms with van der Waals surface area (Å²) in [6, 6.07) is 17.2. The fraction of sp³-hybridized carbons (Fsp3) is 0.174. The summed E-state index contributed by atoms with van der Waals surface area (Å²) in [5, 5.41) is 4.70. The largest absolute Gasteiger partial charge is 0.497 e. The monoisotopic (exact) mass is 404 g/mol. The summed E-state index contributed by atoms with van der Waals surface area (Å²) in [6.45, 7) is 0.270. The van der Waals surface area contributed by atoms with E-state index in [0.717, 1.165) is 22.6 Å². The van der Waals surface area contributed by atoms with E-state index in [9.17, 15) is 9.59 Å². The Labute approximate surface area is 173 Å². The molecule has 2 heterocycles. The van der Waals surface area contributed by atoms with Gasteiger partial charge in [-0.2, -0.15) is 5.10 Å². The number of cyclic esters (lactones) is 1. The Morgan fingerprint density at radius 1 is 1.17 bits per heavy atom. The third-order valence-corrected chi connectivity index (χ3v) is 4.67. The van der Waals surface area contributed by atoms with Gasteiger partial charge in [-0.25, -0.2) is 14.3 Å². The standard InChI is InChI=1S/C23H20N2O5/c1-28-19-10-7-16(8-11-19)22-17(15-25(24-22)18-5-3-2-4-6-18)9-12-21(26)30-20-13-14-29-23(20)27/h2-12,15,20H,13-14H2,1H3/b12-9+/t20-/m0/s1. The topological polar surface area (TPSA) is 79.7 Å².